The summed E-state index contributed by atoms with van der Waals surface area (Å²) in [6.45, 7) is 18.9. The summed E-state index contributed by atoms with van der Waals surface area (Å²) >= 11 is 0. The number of hydrogen-bond acceptors (Lipinski definition) is 1. The number of nitrogens with zero attached hydrogens (tertiary/aromatic N) is 2. The van der Waals surface area contributed by atoms with Crippen LogP contribution in [0.3, 0.4) is 0 Å². The van der Waals surface area contributed by atoms with Crippen LogP contribution >= 0.6 is 0 Å². The van der Waals surface area contributed by atoms with Crippen LogP contribution < -0.4 is 5.32 Å². The van der Waals surface area contributed by atoms with Crippen LogP contribution in [-0.4, -0.2) is 17.0 Å². The van der Waals surface area contributed by atoms with E-state index in [-0.39, 0.29) is 11.1 Å². The molecular formula is C10H19N3. The number of guanidine groups is 1. The summed E-state index contributed by atoms with van der Waals surface area (Å²) in [7, 11) is 0. The quantitative estimate of drug-likeness (QED) is 0.347. The van der Waals surface area contributed by atoms with E-state index in [1.54, 1.807) is 0 Å². The Bertz CT molecular complexity index is 232. The summed E-state index contributed by atoms with van der Waals surface area (Å²) in [5, 5.41) is 3.06. The molecule has 3 heteroatoms. The zero-order chi connectivity index (χ0) is 10.7. The fourth-order valence-electron chi connectivity index (χ4n) is 0.734. The minimum Gasteiger partial charge on any atom is -0.397 e. The van der Waals surface area contributed by atoms with Crippen molar-refractivity contribution in [2.24, 2.45) is 4.99 Å². The van der Waals surface area contributed by atoms with Gasteiger partial charge in [0.25, 0.3) is 0 Å². The van der Waals surface area contributed by atoms with E-state index in [0.29, 0.717) is 5.96 Å². The predicted octanol–water partition coefficient (Wildman–Crippen LogP) is 2.45. The van der Waals surface area contributed by atoms with E-state index in [1.807, 2.05) is 41.5 Å². The molecule has 0 aliphatic carbocycles. The van der Waals surface area contributed by atoms with Crippen molar-refractivity contribution in [3.8, 4) is 0 Å². The largest absolute Gasteiger partial charge is 0.397 e. The molecule has 1 N–H and O–H groups in total. The lowest BCUT2D eigenvalue weighted by atomic mass is 10.1. The van der Waals surface area contributed by atoms with Gasteiger partial charge >= 0.3 is 5.96 Å². The van der Waals surface area contributed by atoms with E-state index in [1.165, 1.54) is 0 Å². The van der Waals surface area contributed by atoms with Crippen LogP contribution in [0.4, 0.5) is 0 Å². The van der Waals surface area contributed by atoms with Gasteiger partial charge in [-0.1, -0.05) is 0 Å². The zero-order valence-electron chi connectivity index (χ0n) is 9.39. The monoisotopic (exact) mass is 181 g/mol. The Morgan fingerprint density at radius 1 is 1.15 bits per heavy atom. The summed E-state index contributed by atoms with van der Waals surface area (Å²) < 4.78 is 0. The highest BCUT2D eigenvalue weighted by molar-refractivity contribution is 5.89. The Hall–Kier alpha value is -1.04. The van der Waals surface area contributed by atoms with Crippen molar-refractivity contribution in [2.45, 2.75) is 52.6 Å². The van der Waals surface area contributed by atoms with Crippen LogP contribution in [0.15, 0.2) is 4.99 Å². The Kier molecular flexibility index (Phi) is 3.48. The molecule has 0 amide bonds. The molecule has 0 atom stereocenters. The Balaban J connectivity index is 4.57. The van der Waals surface area contributed by atoms with Gasteiger partial charge in [-0.25, -0.2) is 0 Å². The molecule has 0 aliphatic rings. The first-order valence-corrected chi connectivity index (χ1v) is 4.39. The van der Waals surface area contributed by atoms with Crippen LogP contribution in [0.25, 0.3) is 4.85 Å². The molecule has 0 aromatic carbocycles. The average molecular weight is 181 g/mol. The van der Waals surface area contributed by atoms with E-state index in [4.69, 9.17) is 6.57 Å². The highest BCUT2D eigenvalue weighted by atomic mass is 15.2. The summed E-state index contributed by atoms with van der Waals surface area (Å²) in [4.78, 5) is 7.61. The van der Waals surface area contributed by atoms with Crippen LogP contribution in [0.2, 0.25) is 0 Å². The third-order valence-corrected chi connectivity index (χ3v) is 1.03. The van der Waals surface area contributed by atoms with Crippen LogP contribution in [0.1, 0.15) is 41.5 Å². The van der Waals surface area contributed by atoms with Gasteiger partial charge in [0, 0.05) is 0 Å². The molecule has 0 saturated carbocycles. The standard InChI is InChI=1S/C10H19N3/c1-9(2,3)12-8(11-7)13-10(4,5)6/h1-6H3,(H,12,13). The van der Waals surface area contributed by atoms with E-state index in [2.05, 4.69) is 15.2 Å². The summed E-state index contributed by atoms with van der Waals surface area (Å²) in [6, 6.07) is 0. The molecule has 0 bridgehead atoms. The summed E-state index contributed by atoms with van der Waals surface area (Å²) in [5.74, 6) is 0.389. The topological polar surface area (TPSA) is 28.8 Å². The third kappa shape index (κ3) is 7.32. The van der Waals surface area contributed by atoms with Crippen LogP contribution in [0.5, 0.6) is 0 Å². The SMILES string of the molecule is [C-]#[N+]C(=NC(C)(C)C)NC(C)(C)C. The molecule has 0 aromatic rings. The van der Waals surface area contributed by atoms with Crippen molar-refractivity contribution >= 4 is 5.96 Å². The van der Waals surface area contributed by atoms with Gasteiger partial charge < -0.3 is 10.2 Å². The first-order valence-electron chi connectivity index (χ1n) is 4.39. The minimum atomic E-state index is -0.196. The molecular weight excluding hydrogens is 162 g/mol. The Morgan fingerprint density at radius 2 is 1.62 bits per heavy atom. The Labute approximate surface area is 81.1 Å². The highest BCUT2D eigenvalue weighted by Crippen LogP contribution is 2.08. The van der Waals surface area contributed by atoms with E-state index < -0.39 is 0 Å². The second-order valence-electron chi connectivity index (χ2n) is 5.09. The molecule has 0 spiro atoms. The summed E-state index contributed by atoms with van der Waals surface area (Å²) in [6.07, 6.45) is 0. The molecule has 0 rings (SSSR count). The molecule has 0 aliphatic heterocycles. The average Bonchev–Trinajstić information content (AvgIpc) is 1.79. The van der Waals surface area contributed by atoms with Crippen molar-refractivity contribution in [2.75, 3.05) is 0 Å². The van der Waals surface area contributed by atoms with Gasteiger partial charge in [0.15, 0.2) is 0 Å². The van der Waals surface area contributed by atoms with Crippen LogP contribution in [0, 0.1) is 6.57 Å². The van der Waals surface area contributed by atoms with E-state index >= 15 is 0 Å². The van der Waals surface area contributed by atoms with Crippen molar-refractivity contribution in [1.29, 1.82) is 0 Å². The fraction of sp³-hybridized carbons (Fsp3) is 0.800. The van der Waals surface area contributed by atoms with Crippen molar-refractivity contribution in [3.05, 3.63) is 11.4 Å². The van der Waals surface area contributed by atoms with Gasteiger partial charge in [0.2, 0.25) is 0 Å². The lowest BCUT2D eigenvalue weighted by Crippen LogP contribution is -2.40. The Morgan fingerprint density at radius 3 is 1.85 bits per heavy atom. The first kappa shape index (κ1) is 12.0. The zero-order valence-corrected chi connectivity index (χ0v) is 9.39. The van der Waals surface area contributed by atoms with Crippen LogP contribution in [-0.2, 0) is 0 Å². The molecule has 0 radical (unpaired) electrons. The molecule has 13 heavy (non-hydrogen) atoms. The van der Waals surface area contributed by atoms with Gasteiger partial charge in [0.1, 0.15) is 0 Å². The molecule has 3 nitrogen and oxygen atoms in total. The van der Waals surface area contributed by atoms with Crippen molar-refractivity contribution < 1.29 is 0 Å². The van der Waals surface area contributed by atoms with E-state index in [9.17, 15) is 0 Å². The van der Waals surface area contributed by atoms with Gasteiger partial charge in [-0.15, -0.1) is 6.57 Å². The van der Waals surface area contributed by atoms with Gasteiger partial charge in [-0.05, 0) is 41.5 Å². The van der Waals surface area contributed by atoms with Gasteiger partial charge in [-0.3, -0.25) is 0 Å². The van der Waals surface area contributed by atoms with Crippen molar-refractivity contribution in [1.82, 2.24) is 5.32 Å². The molecule has 0 fully saturated rings. The maximum atomic E-state index is 6.95. The molecule has 0 aromatic heterocycles. The highest BCUT2D eigenvalue weighted by Gasteiger charge is 2.17. The van der Waals surface area contributed by atoms with Gasteiger partial charge in [-0.2, -0.15) is 4.99 Å². The smallest absolute Gasteiger partial charge is 0.327 e. The van der Waals surface area contributed by atoms with Crippen molar-refractivity contribution in [3.63, 3.8) is 0 Å². The minimum absolute atomic E-state index is 0.103. The lowest BCUT2D eigenvalue weighted by Gasteiger charge is -2.20. The summed E-state index contributed by atoms with van der Waals surface area (Å²) in [5.41, 5.74) is -0.299. The number of aliphatic imine (C=N–C) groups is 1. The second kappa shape index (κ2) is 3.78. The molecule has 74 valence electrons. The number of hydrogen-bond donors (Lipinski definition) is 1. The first-order chi connectivity index (χ1) is 5.64. The normalized spacial score (nSPS) is 13.8. The maximum absolute atomic E-state index is 6.95. The van der Waals surface area contributed by atoms with Gasteiger partial charge in [0.05, 0.1) is 11.1 Å². The fourth-order valence-corrected chi connectivity index (χ4v) is 0.734. The lowest BCUT2D eigenvalue weighted by molar-refractivity contribution is 0.502. The maximum Gasteiger partial charge on any atom is 0.327 e. The third-order valence-electron chi connectivity index (χ3n) is 1.03. The van der Waals surface area contributed by atoms with E-state index in [0.717, 1.165) is 0 Å². The number of nitrogens with one attached hydrogen (secondary N) is 1. The number of rotatable bonds is 0. The predicted molar refractivity (Wildman–Crippen MR) is 56.7 cm³/mol. The molecule has 0 unspecified atom stereocenters. The molecule has 0 saturated heterocycles. The molecule has 0 heterocycles. The second-order valence-corrected chi connectivity index (χ2v) is 5.09.